The van der Waals surface area contributed by atoms with Gasteiger partial charge < -0.3 is 15.5 Å². The van der Waals surface area contributed by atoms with Gasteiger partial charge in [0.05, 0.1) is 5.56 Å². The molecule has 0 saturated heterocycles. The maximum absolute atomic E-state index is 12.3. The predicted molar refractivity (Wildman–Crippen MR) is 85.7 cm³/mol. The fourth-order valence-electron chi connectivity index (χ4n) is 1.87. The third kappa shape index (κ3) is 5.39. The van der Waals surface area contributed by atoms with Crippen LogP contribution in [-0.2, 0) is 0 Å². The lowest BCUT2D eigenvalue weighted by atomic mass is 10.1. The van der Waals surface area contributed by atoms with E-state index in [0.717, 1.165) is 25.2 Å². The van der Waals surface area contributed by atoms with Gasteiger partial charge in [0, 0.05) is 23.3 Å². The maximum atomic E-state index is 12.3. The van der Waals surface area contributed by atoms with Gasteiger partial charge in [-0.05, 0) is 59.1 Å². The number of hydrogen-bond acceptors (Lipinski definition) is 3. The molecule has 0 heterocycles. The molecule has 0 spiro atoms. The van der Waals surface area contributed by atoms with E-state index in [-0.39, 0.29) is 11.9 Å². The Bertz CT molecular complexity index is 449. The summed E-state index contributed by atoms with van der Waals surface area (Å²) in [7, 11) is 4.05. The molecule has 0 radical (unpaired) electrons. The zero-order chi connectivity index (χ0) is 15.1. The third-order valence-electron chi connectivity index (χ3n) is 2.98. The average molecular weight is 298 g/mol. The maximum Gasteiger partial charge on any atom is 0.253 e. The normalized spacial score (nSPS) is 12.3. The van der Waals surface area contributed by atoms with Crippen molar-refractivity contribution >= 4 is 23.2 Å². The quantitative estimate of drug-likeness (QED) is 0.813. The van der Waals surface area contributed by atoms with Gasteiger partial charge in [0.15, 0.2) is 0 Å². The van der Waals surface area contributed by atoms with Gasteiger partial charge in [0.25, 0.3) is 5.91 Å². The molecule has 2 N–H and O–H groups in total. The molecule has 0 aliphatic carbocycles. The van der Waals surface area contributed by atoms with Crippen molar-refractivity contribution < 1.29 is 4.79 Å². The summed E-state index contributed by atoms with van der Waals surface area (Å²) in [4.78, 5) is 14.4. The minimum atomic E-state index is -0.0882. The summed E-state index contributed by atoms with van der Waals surface area (Å²) in [5.74, 6) is -0.0882. The minimum Gasteiger partial charge on any atom is -0.385 e. The second-order valence-corrected chi connectivity index (χ2v) is 5.62. The van der Waals surface area contributed by atoms with Gasteiger partial charge in [-0.1, -0.05) is 11.6 Å². The number of halogens is 1. The van der Waals surface area contributed by atoms with Crippen LogP contribution >= 0.6 is 11.6 Å². The highest BCUT2D eigenvalue weighted by molar-refractivity contribution is 6.31. The smallest absolute Gasteiger partial charge is 0.253 e. The van der Waals surface area contributed by atoms with Gasteiger partial charge in [-0.15, -0.1) is 0 Å². The van der Waals surface area contributed by atoms with E-state index in [2.05, 4.69) is 15.5 Å². The Labute approximate surface area is 126 Å². The van der Waals surface area contributed by atoms with E-state index in [1.54, 1.807) is 12.1 Å². The van der Waals surface area contributed by atoms with Crippen LogP contribution in [0.25, 0.3) is 0 Å². The summed E-state index contributed by atoms with van der Waals surface area (Å²) in [5, 5.41) is 6.76. The Morgan fingerprint density at radius 3 is 2.70 bits per heavy atom. The largest absolute Gasteiger partial charge is 0.385 e. The van der Waals surface area contributed by atoms with E-state index in [1.807, 2.05) is 34.0 Å². The zero-order valence-electron chi connectivity index (χ0n) is 12.7. The lowest BCUT2D eigenvalue weighted by Gasteiger charge is -2.18. The van der Waals surface area contributed by atoms with Crippen LogP contribution in [0.2, 0.25) is 5.02 Å². The van der Waals surface area contributed by atoms with Crippen molar-refractivity contribution in [3.63, 3.8) is 0 Å². The molecule has 0 bridgehead atoms. The highest BCUT2D eigenvalue weighted by Gasteiger charge is 2.14. The molecule has 0 saturated carbocycles. The highest BCUT2D eigenvalue weighted by Crippen LogP contribution is 2.20. The average Bonchev–Trinajstić information content (AvgIpc) is 2.38. The fourth-order valence-corrected chi connectivity index (χ4v) is 2.05. The Hall–Kier alpha value is -1.26. The van der Waals surface area contributed by atoms with Gasteiger partial charge in [-0.2, -0.15) is 0 Å². The van der Waals surface area contributed by atoms with E-state index >= 15 is 0 Å². The number of benzene rings is 1. The molecule has 1 unspecified atom stereocenters. The van der Waals surface area contributed by atoms with Gasteiger partial charge in [0.1, 0.15) is 0 Å². The van der Waals surface area contributed by atoms with Crippen molar-refractivity contribution in [2.45, 2.75) is 26.3 Å². The van der Waals surface area contributed by atoms with E-state index in [4.69, 9.17) is 11.6 Å². The number of nitrogens with one attached hydrogen (secondary N) is 2. The summed E-state index contributed by atoms with van der Waals surface area (Å²) in [5.41, 5.74) is 1.41. The molecule has 1 aromatic rings. The van der Waals surface area contributed by atoms with Crippen molar-refractivity contribution in [3.8, 4) is 0 Å². The summed E-state index contributed by atoms with van der Waals surface area (Å²) < 4.78 is 0. The predicted octanol–water partition coefficient (Wildman–Crippen LogP) is 2.84. The Balaban J connectivity index is 2.73. The number of nitrogens with zero attached hydrogens (tertiary/aromatic N) is 1. The Morgan fingerprint density at radius 1 is 1.40 bits per heavy atom. The van der Waals surface area contributed by atoms with Gasteiger partial charge in [-0.25, -0.2) is 0 Å². The monoisotopic (exact) mass is 297 g/mol. The van der Waals surface area contributed by atoms with Gasteiger partial charge in [0.2, 0.25) is 0 Å². The molecular weight excluding hydrogens is 274 g/mol. The molecule has 0 aliphatic rings. The molecule has 4 nitrogen and oxygen atoms in total. The van der Waals surface area contributed by atoms with E-state index < -0.39 is 0 Å². The summed E-state index contributed by atoms with van der Waals surface area (Å²) in [6.07, 6.45) is 0.913. The summed E-state index contributed by atoms with van der Waals surface area (Å²) in [6, 6.07) is 5.45. The van der Waals surface area contributed by atoms with Crippen molar-refractivity contribution in [1.82, 2.24) is 10.2 Å². The minimum absolute atomic E-state index is 0.0882. The van der Waals surface area contributed by atoms with Crippen LogP contribution in [-0.4, -0.2) is 44.0 Å². The number of carbonyl (C=O) groups excluding carboxylic acids is 1. The first-order valence-electron chi connectivity index (χ1n) is 6.93. The van der Waals surface area contributed by atoms with Crippen LogP contribution in [0, 0.1) is 0 Å². The molecule has 1 atom stereocenters. The van der Waals surface area contributed by atoms with Crippen LogP contribution in [0.5, 0.6) is 0 Å². The third-order valence-corrected chi connectivity index (χ3v) is 3.22. The second kappa shape index (κ2) is 8.12. The topological polar surface area (TPSA) is 44.4 Å². The van der Waals surface area contributed by atoms with Gasteiger partial charge in [-0.3, -0.25) is 4.79 Å². The molecule has 20 heavy (non-hydrogen) atoms. The van der Waals surface area contributed by atoms with Crippen molar-refractivity contribution in [2.75, 3.05) is 32.5 Å². The second-order valence-electron chi connectivity index (χ2n) is 5.19. The Morgan fingerprint density at radius 2 is 2.10 bits per heavy atom. The summed E-state index contributed by atoms with van der Waals surface area (Å²) in [6.45, 7) is 5.71. The lowest BCUT2D eigenvalue weighted by Crippen LogP contribution is -2.35. The molecule has 112 valence electrons. The van der Waals surface area contributed by atoms with Crippen molar-refractivity contribution in [3.05, 3.63) is 28.8 Å². The fraction of sp³-hybridized carbons (Fsp3) is 0.533. The standard InChI is InChI=1S/C15H24ClN3O/c1-5-17-14-7-6-12(16)10-13(14)15(20)18-11(2)8-9-19(3)4/h6-7,10-11,17H,5,8-9H2,1-4H3,(H,18,20). The number of rotatable bonds is 7. The molecule has 1 amide bonds. The Kier molecular flexibility index (Phi) is 6.82. The van der Waals surface area contributed by atoms with E-state index in [0.29, 0.717) is 10.6 Å². The van der Waals surface area contributed by atoms with Crippen LogP contribution in [0.3, 0.4) is 0 Å². The molecule has 5 heteroatoms. The zero-order valence-corrected chi connectivity index (χ0v) is 13.4. The highest BCUT2D eigenvalue weighted by atomic mass is 35.5. The summed E-state index contributed by atoms with van der Waals surface area (Å²) >= 11 is 5.99. The van der Waals surface area contributed by atoms with Crippen molar-refractivity contribution in [1.29, 1.82) is 0 Å². The van der Waals surface area contributed by atoms with Crippen LogP contribution in [0.4, 0.5) is 5.69 Å². The molecule has 0 fully saturated rings. The van der Waals surface area contributed by atoms with Crippen LogP contribution in [0.15, 0.2) is 18.2 Å². The van der Waals surface area contributed by atoms with Crippen LogP contribution in [0.1, 0.15) is 30.6 Å². The first-order valence-corrected chi connectivity index (χ1v) is 7.30. The van der Waals surface area contributed by atoms with E-state index in [9.17, 15) is 4.79 Å². The van der Waals surface area contributed by atoms with Gasteiger partial charge >= 0.3 is 0 Å². The number of carbonyl (C=O) groups is 1. The first kappa shape index (κ1) is 16.8. The molecule has 1 rings (SSSR count). The SMILES string of the molecule is CCNc1ccc(Cl)cc1C(=O)NC(C)CCN(C)C. The molecule has 0 aromatic heterocycles. The van der Waals surface area contributed by atoms with Crippen LogP contribution < -0.4 is 10.6 Å². The molecule has 1 aromatic carbocycles. The number of amides is 1. The molecule has 0 aliphatic heterocycles. The van der Waals surface area contributed by atoms with E-state index in [1.165, 1.54) is 0 Å². The lowest BCUT2D eigenvalue weighted by molar-refractivity contribution is 0.0937. The number of hydrogen-bond donors (Lipinski definition) is 2. The number of anilines is 1. The van der Waals surface area contributed by atoms with Crippen molar-refractivity contribution in [2.24, 2.45) is 0 Å². The molecular formula is C15H24ClN3O. The first-order chi connectivity index (χ1) is 9.43.